The Hall–Kier alpha value is -1.48. The van der Waals surface area contributed by atoms with E-state index in [1.807, 2.05) is 6.07 Å². The molecule has 1 aromatic rings. The highest BCUT2D eigenvalue weighted by Gasteiger charge is 2.00. The Morgan fingerprint density at radius 3 is 1.90 bits per heavy atom. The molecule has 0 unspecified atom stereocenters. The average molecular weight is 405 g/mol. The fourth-order valence-corrected chi connectivity index (χ4v) is 3.47. The van der Waals surface area contributed by atoms with Crippen LogP contribution in [0.15, 0.2) is 30.4 Å². The predicted octanol–water partition coefficient (Wildman–Crippen LogP) is 7.69. The van der Waals surface area contributed by atoms with Gasteiger partial charge >= 0.3 is 0 Å². The van der Waals surface area contributed by atoms with Gasteiger partial charge in [-0.2, -0.15) is 0 Å². The fourth-order valence-electron chi connectivity index (χ4n) is 3.47. The first-order valence-electron chi connectivity index (χ1n) is 12.0. The molecule has 1 aromatic carbocycles. The van der Waals surface area contributed by atoms with E-state index in [9.17, 15) is 10.2 Å². The van der Waals surface area contributed by atoms with Crippen molar-refractivity contribution in [1.29, 1.82) is 0 Å². The summed E-state index contributed by atoms with van der Waals surface area (Å²) in [4.78, 5) is 0. The van der Waals surface area contributed by atoms with E-state index < -0.39 is 0 Å². The third kappa shape index (κ3) is 15.1. The summed E-state index contributed by atoms with van der Waals surface area (Å²) in [6.07, 6.45) is 24.0. The number of phenols is 2. The Bertz CT molecular complexity index is 525. The number of phenolic OH excluding ortho intramolecular Hbond substituents is 2. The normalized spacial score (nSPS) is 11.5. The summed E-state index contributed by atoms with van der Waals surface area (Å²) >= 11 is 0. The van der Waals surface area contributed by atoms with Gasteiger partial charge in [-0.15, -0.1) is 0 Å². The molecule has 0 aromatic heterocycles. The SMILES string of the molecule is CCCCCCCC/C=C\CCCCCCCCOCCc1ccc(O)c(O)c1. The van der Waals surface area contributed by atoms with E-state index in [1.165, 1.54) is 89.5 Å². The number of allylic oxidation sites excluding steroid dienone is 2. The summed E-state index contributed by atoms with van der Waals surface area (Å²) in [5.41, 5.74) is 0.987. The summed E-state index contributed by atoms with van der Waals surface area (Å²) < 4.78 is 5.67. The molecule has 0 aliphatic heterocycles. The molecular formula is C26H44O3. The largest absolute Gasteiger partial charge is 0.504 e. The van der Waals surface area contributed by atoms with Gasteiger partial charge in [-0.3, -0.25) is 0 Å². The molecule has 0 aliphatic carbocycles. The van der Waals surface area contributed by atoms with E-state index in [2.05, 4.69) is 19.1 Å². The Morgan fingerprint density at radius 1 is 0.690 bits per heavy atom. The first-order valence-corrected chi connectivity index (χ1v) is 12.0. The molecule has 29 heavy (non-hydrogen) atoms. The highest BCUT2D eigenvalue weighted by molar-refractivity contribution is 5.40. The summed E-state index contributed by atoms with van der Waals surface area (Å²) in [5.74, 6) is -0.130. The molecule has 3 nitrogen and oxygen atoms in total. The van der Waals surface area contributed by atoms with Gasteiger partial charge in [0.05, 0.1) is 6.61 Å². The van der Waals surface area contributed by atoms with Crippen molar-refractivity contribution in [2.75, 3.05) is 13.2 Å². The van der Waals surface area contributed by atoms with Crippen LogP contribution in [0.5, 0.6) is 11.5 Å². The summed E-state index contributed by atoms with van der Waals surface area (Å²) in [5, 5.41) is 18.8. The van der Waals surface area contributed by atoms with Crippen LogP contribution in [0.25, 0.3) is 0 Å². The molecule has 0 saturated heterocycles. The molecule has 0 spiro atoms. The number of unbranched alkanes of at least 4 members (excludes halogenated alkanes) is 12. The minimum atomic E-state index is -0.0705. The minimum absolute atomic E-state index is 0.0594. The summed E-state index contributed by atoms with van der Waals surface area (Å²) in [7, 11) is 0. The van der Waals surface area contributed by atoms with Crippen molar-refractivity contribution < 1.29 is 14.9 Å². The monoisotopic (exact) mass is 404 g/mol. The maximum Gasteiger partial charge on any atom is 0.157 e. The Balaban J connectivity index is 1.78. The molecule has 1 rings (SSSR count). The number of aromatic hydroxyl groups is 2. The predicted molar refractivity (Wildman–Crippen MR) is 124 cm³/mol. The zero-order chi connectivity index (χ0) is 21.0. The summed E-state index contributed by atoms with van der Waals surface area (Å²) in [6, 6.07) is 4.95. The molecule has 0 heterocycles. The van der Waals surface area contributed by atoms with Gasteiger partial charge in [0, 0.05) is 6.61 Å². The number of hydrogen-bond donors (Lipinski definition) is 2. The van der Waals surface area contributed by atoms with Crippen molar-refractivity contribution in [3.05, 3.63) is 35.9 Å². The molecule has 0 saturated carbocycles. The van der Waals surface area contributed by atoms with E-state index in [1.54, 1.807) is 6.07 Å². The third-order valence-electron chi connectivity index (χ3n) is 5.38. The van der Waals surface area contributed by atoms with Crippen molar-refractivity contribution in [1.82, 2.24) is 0 Å². The van der Waals surface area contributed by atoms with Gasteiger partial charge in [0.2, 0.25) is 0 Å². The van der Waals surface area contributed by atoms with Gasteiger partial charge in [-0.05, 0) is 56.2 Å². The van der Waals surface area contributed by atoms with Crippen LogP contribution in [0.2, 0.25) is 0 Å². The average Bonchev–Trinajstić information content (AvgIpc) is 2.72. The Kier molecular flexibility index (Phi) is 16.3. The molecule has 0 aliphatic rings. The van der Waals surface area contributed by atoms with Gasteiger partial charge in [0.15, 0.2) is 11.5 Å². The maximum atomic E-state index is 9.46. The first kappa shape index (κ1) is 25.6. The van der Waals surface area contributed by atoms with Crippen LogP contribution in [-0.4, -0.2) is 23.4 Å². The van der Waals surface area contributed by atoms with E-state index in [-0.39, 0.29) is 11.5 Å². The zero-order valence-corrected chi connectivity index (χ0v) is 18.7. The molecule has 0 radical (unpaired) electrons. The van der Waals surface area contributed by atoms with Crippen LogP contribution in [0.4, 0.5) is 0 Å². The smallest absolute Gasteiger partial charge is 0.157 e. The maximum absolute atomic E-state index is 9.46. The molecule has 0 fully saturated rings. The van der Waals surface area contributed by atoms with Crippen LogP contribution in [0.1, 0.15) is 102 Å². The van der Waals surface area contributed by atoms with E-state index >= 15 is 0 Å². The van der Waals surface area contributed by atoms with Crippen molar-refractivity contribution in [3.8, 4) is 11.5 Å². The summed E-state index contributed by atoms with van der Waals surface area (Å²) in [6.45, 7) is 3.74. The number of hydrogen-bond acceptors (Lipinski definition) is 3. The van der Waals surface area contributed by atoms with Crippen molar-refractivity contribution >= 4 is 0 Å². The van der Waals surface area contributed by atoms with E-state index in [0.717, 1.165) is 25.0 Å². The highest BCUT2D eigenvalue weighted by atomic mass is 16.5. The van der Waals surface area contributed by atoms with E-state index in [0.29, 0.717) is 6.61 Å². The molecule has 0 bridgehead atoms. The minimum Gasteiger partial charge on any atom is -0.504 e. The van der Waals surface area contributed by atoms with Gasteiger partial charge in [0.1, 0.15) is 0 Å². The second-order valence-corrected chi connectivity index (χ2v) is 8.12. The molecule has 166 valence electrons. The van der Waals surface area contributed by atoms with Gasteiger partial charge in [-0.1, -0.05) is 82.9 Å². The Morgan fingerprint density at radius 2 is 1.28 bits per heavy atom. The topological polar surface area (TPSA) is 49.7 Å². The molecule has 3 heteroatoms. The lowest BCUT2D eigenvalue weighted by Crippen LogP contribution is -2.00. The molecule has 0 atom stereocenters. The second kappa shape index (κ2) is 18.5. The lowest BCUT2D eigenvalue weighted by atomic mass is 10.1. The lowest BCUT2D eigenvalue weighted by molar-refractivity contribution is 0.132. The van der Waals surface area contributed by atoms with Crippen LogP contribution >= 0.6 is 0 Å². The van der Waals surface area contributed by atoms with Crippen molar-refractivity contribution in [2.45, 2.75) is 103 Å². The van der Waals surface area contributed by atoms with Gasteiger partial charge in [0.25, 0.3) is 0 Å². The van der Waals surface area contributed by atoms with Gasteiger partial charge in [-0.25, -0.2) is 0 Å². The van der Waals surface area contributed by atoms with Crippen LogP contribution < -0.4 is 0 Å². The molecular weight excluding hydrogens is 360 g/mol. The molecule has 0 amide bonds. The standard InChI is InChI=1S/C26H44O3/c1-2-3-4-5-6-7-8-9-10-11-12-13-14-15-16-17-21-29-22-20-24-18-19-25(27)26(28)23-24/h9-10,18-19,23,27-28H,2-8,11-17,20-22H2,1H3/b10-9-. The van der Waals surface area contributed by atoms with Crippen molar-refractivity contribution in [3.63, 3.8) is 0 Å². The third-order valence-corrected chi connectivity index (χ3v) is 5.38. The quantitative estimate of drug-likeness (QED) is 0.141. The Labute approximate surface area is 179 Å². The van der Waals surface area contributed by atoms with Crippen LogP contribution in [0, 0.1) is 0 Å². The van der Waals surface area contributed by atoms with Crippen LogP contribution in [0.3, 0.4) is 0 Å². The zero-order valence-electron chi connectivity index (χ0n) is 18.7. The number of rotatable bonds is 19. The fraction of sp³-hybridized carbons (Fsp3) is 0.692. The lowest BCUT2D eigenvalue weighted by Gasteiger charge is -2.06. The van der Waals surface area contributed by atoms with E-state index in [4.69, 9.17) is 4.74 Å². The number of ether oxygens (including phenoxy) is 1. The van der Waals surface area contributed by atoms with Gasteiger partial charge < -0.3 is 14.9 Å². The number of benzene rings is 1. The highest BCUT2D eigenvalue weighted by Crippen LogP contribution is 2.25. The second-order valence-electron chi connectivity index (χ2n) is 8.12. The molecule has 2 N–H and O–H groups in total. The first-order chi connectivity index (χ1) is 14.2. The van der Waals surface area contributed by atoms with Crippen molar-refractivity contribution in [2.24, 2.45) is 0 Å². The van der Waals surface area contributed by atoms with Crippen LogP contribution in [-0.2, 0) is 11.2 Å².